The van der Waals surface area contributed by atoms with Crippen LogP contribution in [0.5, 0.6) is 0 Å². The van der Waals surface area contributed by atoms with Crippen LogP contribution in [-0.4, -0.2) is 162 Å². The van der Waals surface area contributed by atoms with Gasteiger partial charge in [-0.05, 0) is 97.6 Å². The maximum absolute atomic E-state index is 15.8. The maximum Gasteiger partial charge on any atom is 0.302 e. The predicted octanol–water partition coefficient (Wildman–Crippen LogP) is 6.51. The topological polar surface area (TPSA) is 240 Å². The number of nitrogens with zero attached hydrogens (tertiary/aromatic N) is 6. The van der Waals surface area contributed by atoms with E-state index in [1.807, 2.05) is 81.7 Å². The number of carbonyl (C=O) groups excluding carboxylic acids is 5. The molecule has 3 aromatic heterocycles. The van der Waals surface area contributed by atoms with Crippen LogP contribution in [0.15, 0.2) is 84.6 Å². The SMILES string of the molecule is CC(=O)OCCCS(=O)(=O)Nc1ccc(F)c(C(=O)c2c[nH]c3ncc(-c4ccc(N5CCN(CC6CCN(CC(=O)N[C@H](C(=O)N7C[C@H](O)C[C@H]7C(=O)NCc7ccc(-c8scnc8C)cc7)C(C)(C)C)CC6)CC5)cc4)cc23)c1F. The van der Waals surface area contributed by atoms with Crippen molar-refractivity contribution in [2.45, 2.75) is 85.0 Å². The van der Waals surface area contributed by atoms with Crippen molar-refractivity contribution in [1.82, 2.24) is 40.3 Å². The lowest BCUT2D eigenvalue weighted by atomic mass is 9.85. The first-order valence-corrected chi connectivity index (χ1v) is 30.1. The Hall–Kier alpha value is -7.18. The molecule has 436 valence electrons. The lowest BCUT2D eigenvalue weighted by molar-refractivity contribution is -0.144. The number of thiazole rings is 1. The smallest absolute Gasteiger partial charge is 0.302 e. The average Bonchev–Trinajstić information content (AvgIpc) is 4.00. The number of piperazine rings is 1. The molecule has 19 nitrogen and oxygen atoms in total. The van der Waals surface area contributed by atoms with Gasteiger partial charge in [-0.15, -0.1) is 11.3 Å². The number of aromatic nitrogens is 3. The Labute approximate surface area is 479 Å². The third kappa shape index (κ3) is 14.3. The number of β-amino-alcohol motifs (C(OH)–C–C–N with tert-alkyl or cyclic N) is 1. The summed E-state index contributed by atoms with van der Waals surface area (Å²) in [6.07, 6.45) is 3.99. The summed E-state index contributed by atoms with van der Waals surface area (Å²) in [6, 6.07) is 17.5. The third-order valence-electron chi connectivity index (χ3n) is 15.5. The molecule has 0 bridgehead atoms. The van der Waals surface area contributed by atoms with Gasteiger partial charge >= 0.3 is 5.97 Å². The number of esters is 1. The molecule has 0 radical (unpaired) electrons. The van der Waals surface area contributed by atoms with E-state index in [0.717, 1.165) is 104 Å². The van der Waals surface area contributed by atoms with Gasteiger partial charge in [0.1, 0.15) is 23.5 Å². The number of sulfonamides is 1. The molecule has 3 saturated heterocycles. The van der Waals surface area contributed by atoms with E-state index in [-0.39, 0.29) is 56.5 Å². The van der Waals surface area contributed by atoms with Crippen LogP contribution >= 0.6 is 11.3 Å². The van der Waals surface area contributed by atoms with E-state index < -0.39 is 79.9 Å². The number of likely N-dealkylation sites (tertiary alicyclic amines) is 2. The van der Waals surface area contributed by atoms with Gasteiger partial charge in [0, 0.05) is 93.8 Å². The van der Waals surface area contributed by atoms with Crippen LogP contribution < -0.4 is 20.3 Å². The molecule has 3 fully saturated rings. The van der Waals surface area contributed by atoms with Crippen molar-refractivity contribution >= 4 is 73.2 Å². The number of carbonyl (C=O) groups is 5. The number of aliphatic hydroxyl groups is 1. The summed E-state index contributed by atoms with van der Waals surface area (Å²) in [5.74, 6) is -5.18. The second-order valence-corrected chi connectivity index (χ2v) is 25.2. The fourth-order valence-electron chi connectivity index (χ4n) is 10.9. The molecule has 0 saturated carbocycles. The number of halogens is 2. The van der Waals surface area contributed by atoms with Gasteiger partial charge in [-0.1, -0.05) is 57.2 Å². The van der Waals surface area contributed by atoms with Crippen molar-refractivity contribution in [2.24, 2.45) is 11.3 Å². The van der Waals surface area contributed by atoms with Crippen LogP contribution in [0.2, 0.25) is 0 Å². The lowest BCUT2D eigenvalue weighted by Crippen LogP contribution is -2.59. The summed E-state index contributed by atoms with van der Waals surface area (Å²) in [7, 11) is -4.14. The molecule has 6 heterocycles. The lowest BCUT2D eigenvalue weighted by Gasteiger charge is -2.40. The Bertz CT molecular complexity index is 3410. The van der Waals surface area contributed by atoms with Crippen LogP contribution in [0.25, 0.3) is 32.6 Å². The number of piperidine rings is 1. The van der Waals surface area contributed by atoms with Crippen LogP contribution in [0.1, 0.15) is 80.6 Å². The zero-order chi connectivity index (χ0) is 58.5. The number of fused-ring (bicyclic) bond motifs is 1. The molecule has 23 heteroatoms. The number of benzene rings is 3. The number of ether oxygens (including phenoxy) is 1. The molecule has 3 aromatic carbocycles. The predicted molar refractivity (Wildman–Crippen MR) is 309 cm³/mol. The monoisotopic (exact) mass is 1160 g/mol. The van der Waals surface area contributed by atoms with Gasteiger partial charge in [-0.3, -0.25) is 38.5 Å². The highest BCUT2D eigenvalue weighted by molar-refractivity contribution is 7.92. The molecule has 9 rings (SSSR count). The van der Waals surface area contributed by atoms with E-state index >= 15 is 8.78 Å². The Balaban J connectivity index is 0.726. The average molecular weight is 1170 g/mol. The molecule has 82 heavy (non-hydrogen) atoms. The number of aromatic amines is 1. The number of rotatable bonds is 20. The van der Waals surface area contributed by atoms with E-state index in [2.05, 4.69) is 45.0 Å². The van der Waals surface area contributed by atoms with Gasteiger partial charge < -0.3 is 35.3 Å². The number of ketones is 1. The summed E-state index contributed by atoms with van der Waals surface area (Å²) < 4.78 is 63.1. The standard InChI is InChI=1S/C59H70F2N10O9S2/c1-36-54(81-35-65-36)41-9-7-38(8-10-41)29-64-57(76)49-28-44(73)33-71(49)58(77)55(59(3,4)5)66-50(74)34-68-19-17-39(18-20-68)32-69-21-23-70(24-22-69)43-13-11-40(12-14-43)42-27-45-46(31-63-56(45)62-30-42)53(75)51-47(60)15-16-48(52(51)61)67-82(78,79)26-6-25-80-37(2)72/h7-16,27,30-31,35,39,44,49,55,67,73H,6,17-26,28-29,32-34H2,1-5H3,(H,62,63)(H,64,76)(H,66,74)/t44-,49+,55-/m1/s1. The van der Waals surface area contributed by atoms with Crippen molar-refractivity contribution in [1.29, 1.82) is 0 Å². The number of aryl methyl sites for hydroxylation is 1. The second-order valence-electron chi connectivity index (χ2n) is 22.5. The number of pyridine rings is 1. The van der Waals surface area contributed by atoms with Gasteiger partial charge in [-0.25, -0.2) is 27.2 Å². The molecular weight excluding hydrogens is 1090 g/mol. The Morgan fingerprint density at radius 2 is 1.61 bits per heavy atom. The highest BCUT2D eigenvalue weighted by Crippen LogP contribution is 2.33. The molecule has 3 aliphatic rings. The molecule has 0 unspecified atom stereocenters. The molecule has 6 aromatic rings. The number of amides is 3. The summed E-state index contributed by atoms with van der Waals surface area (Å²) in [6.45, 7) is 14.9. The van der Waals surface area contributed by atoms with E-state index in [9.17, 15) is 37.5 Å². The Kier molecular flexibility index (Phi) is 18.5. The van der Waals surface area contributed by atoms with Crippen molar-refractivity contribution in [2.75, 3.05) is 80.9 Å². The Morgan fingerprint density at radius 1 is 0.902 bits per heavy atom. The number of anilines is 2. The van der Waals surface area contributed by atoms with Gasteiger partial charge in [-0.2, -0.15) is 0 Å². The van der Waals surface area contributed by atoms with Crippen LogP contribution in [-0.2, 0) is 40.5 Å². The minimum Gasteiger partial charge on any atom is -0.466 e. The number of hydrogen-bond acceptors (Lipinski definition) is 15. The van der Waals surface area contributed by atoms with E-state index in [1.54, 1.807) is 23.6 Å². The molecular formula is C59H70F2N10O9S2. The number of aliphatic hydroxyl groups excluding tert-OH is 1. The largest absolute Gasteiger partial charge is 0.466 e. The zero-order valence-electron chi connectivity index (χ0n) is 46.7. The minimum absolute atomic E-state index is 0.000692. The van der Waals surface area contributed by atoms with Crippen molar-refractivity contribution in [3.63, 3.8) is 0 Å². The number of H-pyrrole nitrogens is 1. The van der Waals surface area contributed by atoms with Gasteiger partial charge in [0.25, 0.3) is 0 Å². The van der Waals surface area contributed by atoms with Crippen molar-refractivity contribution in [3.05, 3.63) is 119 Å². The van der Waals surface area contributed by atoms with Crippen LogP contribution in [0.3, 0.4) is 0 Å². The first-order valence-electron chi connectivity index (χ1n) is 27.6. The van der Waals surface area contributed by atoms with Gasteiger partial charge in [0.05, 0.1) is 52.3 Å². The minimum atomic E-state index is -4.14. The highest BCUT2D eigenvalue weighted by Gasteiger charge is 2.45. The molecule has 5 N–H and O–H groups in total. The fraction of sp³-hybridized carbons (Fsp3) is 0.441. The molecule has 3 amide bonds. The molecule has 0 aliphatic carbocycles. The van der Waals surface area contributed by atoms with Crippen LogP contribution in [0.4, 0.5) is 20.2 Å². The third-order valence-corrected chi connectivity index (χ3v) is 17.8. The fourth-order valence-corrected chi connectivity index (χ4v) is 12.8. The van der Waals surface area contributed by atoms with Gasteiger partial charge in [0.15, 0.2) is 5.82 Å². The summed E-state index contributed by atoms with van der Waals surface area (Å²) >= 11 is 1.57. The van der Waals surface area contributed by atoms with E-state index in [4.69, 9.17) is 4.74 Å². The summed E-state index contributed by atoms with van der Waals surface area (Å²) in [5.41, 5.74) is 5.29. The van der Waals surface area contributed by atoms with Crippen molar-refractivity contribution < 1.29 is 51.0 Å². The quantitative estimate of drug-likeness (QED) is 0.0311. The molecule has 3 aliphatic heterocycles. The summed E-state index contributed by atoms with van der Waals surface area (Å²) in [4.78, 5) is 87.5. The zero-order valence-corrected chi connectivity index (χ0v) is 48.3. The van der Waals surface area contributed by atoms with Crippen LogP contribution in [0, 0.1) is 29.9 Å². The normalized spacial score (nSPS) is 17.9. The number of nitrogens with one attached hydrogen (secondary N) is 4. The molecule has 3 atom stereocenters. The first-order chi connectivity index (χ1) is 39.1. The summed E-state index contributed by atoms with van der Waals surface area (Å²) in [5, 5.41) is 17.0. The van der Waals surface area contributed by atoms with Crippen molar-refractivity contribution in [3.8, 4) is 21.6 Å². The van der Waals surface area contributed by atoms with Gasteiger partial charge in [0.2, 0.25) is 33.5 Å². The van der Waals surface area contributed by atoms with E-state index in [0.29, 0.717) is 22.5 Å². The Morgan fingerprint density at radius 3 is 2.28 bits per heavy atom. The van der Waals surface area contributed by atoms with E-state index in [1.165, 1.54) is 18.0 Å². The second kappa shape index (κ2) is 25.5. The highest BCUT2D eigenvalue weighted by atomic mass is 32.2. The maximum atomic E-state index is 15.8. The number of hydrogen-bond donors (Lipinski definition) is 5. The first kappa shape index (κ1) is 59.4. The molecule has 0 spiro atoms.